The molecular formula is C9H13ClN2O3S2. The van der Waals surface area contributed by atoms with Crippen molar-refractivity contribution in [3.05, 3.63) is 5.69 Å². The molecule has 5 nitrogen and oxygen atoms in total. The minimum Gasteiger partial charge on any atom is -0.301 e. The van der Waals surface area contributed by atoms with Crippen molar-refractivity contribution < 1.29 is 13.2 Å². The second-order valence-electron chi connectivity index (χ2n) is 4.53. The number of anilines is 1. The minimum atomic E-state index is -3.81. The highest BCUT2D eigenvalue weighted by molar-refractivity contribution is 8.15. The molecule has 0 aromatic carbocycles. The van der Waals surface area contributed by atoms with E-state index < -0.39 is 14.5 Å². The van der Waals surface area contributed by atoms with Gasteiger partial charge in [-0.25, -0.2) is 13.4 Å². The maximum atomic E-state index is 11.7. The Morgan fingerprint density at radius 1 is 1.41 bits per heavy atom. The SMILES string of the molecule is Cc1nc(NC(=O)C(C)(C)C)sc1S(=O)(=O)Cl. The second-order valence-corrected chi connectivity index (χ2v) is 8.29. The van der Waals surface area contributed by atoms with Crippen LogP contribution in [0.15, 0.2) is 4.21 Å². The fourth-order valence-electron chi connectivity index (χ4n) is 0.947. The highest BCUT2D eigenvalue weighted by atomic mass is 35.7. The van der Waals surface area contributed by atoms with Crippen LogP contribution in [0.1, 0.15) is 26.5 Å². The van der Waals surface area contributed by atoms with Crippen LogP contribution in [0.25, 0.3) is 0 Å². The summed E-state index contributed by atoms with van der Waals surface area (Å²) in [6.45, 7) is 6.78. The number of thiazole rings is 1. The summed E-state index contributed by atoms with van der Waals surface area (Å²) in [7, 11) is 1.43. The lowest BCUT2D eigenvalue weighted by Crippen LogP contribution is -2.27. The average Bonchev–Trinajstić information content (AvgIpc) is 2.44. The zero-order valence-electron chi connectivity index (χ0n) is 9.87. The number of carbonyl (C=O) groups excluding carboxylic acids is 1. The summed E-state index contributed by atoms with van der Waals surface area (Å²) in [5.74, 6) is -0.232. The van der Waals surface area contributed by atoms with Crippen LogP contribution in [0, 0.1) is 12.3 Å². The first-order valence-corrected chi connectivity index (χ1v) is 7.88. The summed E-state index contributed by atoms with van der Waals surface area (Å²) < 4.78 is 22.3. The molecule has 0 saturated heterocycles. The van der Waals surface area contributed by atoms with Crippen LogP contribution in [-0.2, 0) is 13.8 Å². The Balaban J connectivity index is 3.01. The van der Waals surface area contributed by atoms with Gasteiger partial charge in [0.15, 0.2) is 9.34 Å². The zero-order chi connectivity index (χ0) is 13.4. The van der Waals surface area contributed by atoms with E-state index in [2.05, 4.69) is 10.3 Å². The third kappa shape index (κ3) is 3.65. The number of aromatic nitrogens is 1. The van der Waals surface area contributed by atoms with Gasteiger partial charge in [-0.2, -0.15) is 0 Å². The fourth-order valence-corrected chi connectivity index (χ4v) is 3.29. The van der Waals surface area contributed by atoms with Crippen molar-refractivity contribution in [3.8, 4) is 0 Å². The Kier molecular flexibility index (Phi) is 3.85. The number of nitrogens with zero attached hydrogens (tertiary/aromatic N) is 1. The van der Waals surface area contributed by atoms with Crippen molar-refractivity contribution in [1.82, 2.24) is 4.98 Å². The van der Waals surface area contributed by atoms with Gasteiger partial charge < -0.3 is 5.32 Å². The molecular weight excluding hydrogens is 284 g/mol. The van der Waals surface area contributed by atoms with Crippen molar-refractivity contribution in [2.24, 2.45) is 5.41 Å². The second kappa shape index (κ2) is 4.55. The summed E-state index contributed by atoms with van der Waals surface area (Å²) in [6, 6.07) is 0. The van der Waals surface area contributed by atoms with Gasteiger partial charge in [-0.3, -0.25) is 4.79 Å². The molecule has 0 atom stereocenters. The van der Waals surface area contributed by atoms with E-state index in [4.69, 9.17) is 10.7 Å². The summed E-state index contributed by atoms with van der Waals surface area (Å²) in [5.41, 5.74) is -0.284. The average molecular weight is 297 g/mol. The number of hydrogen-bond acceptors (Lipinski definition) is 5. The first kappa shape index (κ1) is 14.4. The molecule has 8 heteroatoms. The normalized spacial score (nSPS) is 12.5. The molecule has 17 heavy (non-hydrogen) atoms. The standard InChI is InChI=1S/C9H13ClN2O3S2/c1-5-6(17(10,14)15)16-8(11-5)12-7(13)9(2,3)4/h1-4H3,(H,11,12,13). The van der Waals surface area contributed by atoms with Crippen LogP contribution in [0.2, 0.25) is 0 Å². The molecule has 0 fully saturated rings. The molecule has 0 aliphatic rings. The topological polar surface area (TPSA) is 76.1 Å². The van der Waals surface area contributed by atoms with Crippen molar-refractivity contribution in [2.75, 3.05) is 5.32 Å². The molecule has 0 saturated carbocycles. The van der Waals surface area contributed by atoms with Crippen molar-refractivity contribution >= 4 is 42.1 Å². The van der Waals surface area contributed by atoms with Crippen LogP contribution in [-0.4, -0.2) is 19.3 Å². The molecule has 0 bridgehead atoms. The molecule has 0 spiro atoms. The Bertz CT molecular complexity index is 543. The van der Waals surface area contributed by atoms with E-state index in [-0.39, 0.29) is 20.9 Å². The van der Waals surface area contributed by atoms with Gasteiger partial charge in [0.25, 0.3) is 9.05 Å². The van der Waals surface area contributed by atoms with Crippen LogP contribution >= 0.6 is 22.0 Å². The van der Waals surface area contributed by atoms with Crippen molar-refractivity contribution in [2.45, 2.75) is 31.9 Å². The van der Waals surface area contributed by atoms with Crippen LogP contribution in [0.5, 0.6) is 0 Å². The Morgan fingerprint density at radius 3 is 2.29 bits per heavy atom. The number of amides is 1. The monoisotopic (exact) mass is 296 g/mol. The summed E-state index contributed by atoms with van der Waals surface area (Å²) in [4.78, 5) is 15.6. The molecule has 1 aromatic heterocycles. The molecule has 0 radical (unpaired) electrons. The predicted molar refractivity (Wildman–Crippen MR) is 68.0 cm³/mol. The number of rotatable bonds is 2. The van der Waals surface area contributed by atoms with Crippen LogP contribution < -0.4 is 5.32 Å². The maximum Gasteiger partial charge on any atom is 0.272 e. The molecule has 96 valence electrons. The van der Waals surface area contributed by atoms with E-state index in [0.717, 1.165) is 11.3 Å². The lowest BCUT2D eigenvalue weighted by atomic mass is 9.96. The Labute approximate surface area is 109 Å². The highest BCUT2D eigenvalue weighted by Gasteiger charge is 2.24. The Hall–Kier alpha value is -0.660. The van der Waals surface area contributed by atoms with Gasteiger partial charge in [0.1, 0.15) is 0 Å². The Morgan fingerprint density at radius 2 is 1.94 bits per heavy atom. The molecule has 1 N–H and O–H groups in total. The molecule has 1 rings (SSSR count). The van der Waals surface area contributed by atoms with Gasteiger partial charge in [-0.1, -0.05) is 32.1 Å². The smallest absolute Gasteiger partial charge is 0.272 e. The molecule has 1 aromatic rings. The van der Waals surface area contributed by atoms with Crippen molar-refractivity contribution in [1.29, 1.82) is 0 Å². The van der Waals surface area contributed by atoms with Crippen LogP contribution in [0.3, 0.4) is 0 Å². The van der Waals surface area contributed by atoms with Crippen molar-refractivity contribution in [3.63, 3.8) is 0 Å². The predicted octanol–water partition coefficient (Wildman–Crippen LogP) is 2.36. The first-order chi connectivity index (χ1) is 7.51. The van der Waals surface area contributed by atoms with Gasteiger partial charge in [-0.05, 0) is 6.92 Å². The zero-order valence-corrected chi connectivity index (χ0v) is 12.3. The van der Waals surface area contributed by atoms with E-state index >= 15 is 0 Å². The largest absolute Gasteiger partial charge is 0.301 e. The van der Waals surface area contributed by atoms with Crippen LogP contribution in [0.4, 0.5) is 5.13 Å². The van der Waals surface area contributed by atoms with Gasteiger partial charge in [-0.15, -0.1) is 0 Å². The van der Waals surface area contributed by atoms with Gasteiger partial charge in [0, 0.05) is 16.1 Å². The number of nitrogens with one attached hydrogen (secondary N) is 1. The summed E-state index contributed by atoms with van der Waals surface area (Å²) in [5, 5.41) is 2.80. The van der Waals surface area contributed by atoms with E-state index in [0.29, 0.717) is 0 Å². The van der Waals surface area contributed by atoms with Gasteiger partial charge in [0.05, 0.1) is 5.69 Å². The van der Waals surface area contributed by atoms with E-state index in [1.54, 1.807) is 20.8 Å². The van der Waals surface area contributed by atoms with Gasteiger partial charge in [0.2, 0.25) is 5.91 Å². The fraction of sp³-hybridized carbons (Fsp3) is 0.556. The summed E-state index contributed by atoms with van der Waals surface area (Å²) in [6.07, 6.45) is 0. The van der Waals surface area contributed by atoms with E-state index in [9.17, 15) is 13.2 Å². The number of aryl methyl sites for hydroxylation is 1. The van der Waals surface area contributed by atoms with E-state index in [1.807, 2.05) is 0 Å². The quantitative estimate of drug-likeness (QED) is 0.850. The third-order valence-corrected chi connectivity index (χ3v) is 5.13. The summed E-state index contributed by atoms with van der Waals surface area (Å²) >= 11 is 0.848. The maximum absolute atomic E-state index is 11.7. The first-order valence-electron chi connectivity index (χ1n) is 4.75. The van der Waals surface area contributed by atoms with E-state index in [1.165, 1.54) is 6.92 Å². The number of hydrogen-bond donors (Lipinski definition) is 1. The number of carbonyl (C=O) groups is 1. The lowest BCUT2D eigenvalue weighted by molar-refractivity contribution is -0.123. The minimum absolute atomic E-state index is 0.0385. The third-order valence-electron chi connectivity index (χ3n) is 1.88. The highest BCUT2D eigenvalue weighted by Crippen LogP contribution is 2.30. The molecule has 1 heterocycles. The van der Waals surface area contributed by atoms with Gasteiger partial charge >= 0.3 is 0 Å². The lowest BCUT2D eigenvalue weighted by Gasteiger charge is -2.15. The number of halogens is 1. The molecule has 0 aliphatic carbocycles. The molecule has 1 amide bonds. The molecule has 0 unspecified atom stereocenters. The molecule has 0 aliphatic heterocycles.